The van der Waals surface area contributed by atoms with Gasteiger partial charge in [0.2, 0.25) is 12.8 Å². The molecule has 2 atom stereocenters. The van der Waals surface area contributed by atoms with Gasteiger partial charge < -0.3 is 21.1 Å². The first-order chi connectivity index (χ1) is 17.0. The molecule has 0 saturated heterocycles. The zero-order valence-corrected chi connectivity index (χ0v) is 21.0. The highest BCUT2D eigenvalue weighted by atomic mass is 19.3. The lowest BCUT2D eigenvalue weighted by atomic mass is 10.1. The number of primary amides is 1. The number of benzene rings is 2. The Morgan fingerprint density at radius 1 is 0.972 bits per heavy atom. The standard InChI is InChI=1S/C26H32FN3O3.CH2F2/c1-18(33-26(2,3)4)23(24(28)31)30-25(32)22-13-11-20(12-14-22)6-5-19-7-9-21(10-8-19)17-29-16-15-27;2-1-3/h7-14,18,23,29H,15-17H2,1-4H3,(H2,28,31)(H,30,32);1H2. The van der Waals surface area contributed by atoms with Crippen LogP contribution in [0.15, 0.2) is 48.5 Å². The summed E-state index contributed by atoms with van der Waals surface area (Å²) in [6.45, 7) is 6.10. The van der Waals surface area contributed by atoms with Crippen molar-refractivity contribution < 1.29 is 27.5 Å². The fourth-order valence-electron chi connectivity index (χ4n) is 3.12. The van der Waals surface area contributed by atoms with Crippen LogP contribution in [0.5, 0.6) is 0 Å². The topological polar surface area (TPSA) is 93.4 Å². The second kappa shape index (κ2) is 15.6. The van der Waals surface area contributed by atoms with E-state index in [-0.39, 0.29) is 6.67 Å². The van der Waals surface area contributed by atoms with E-state index in [0.29, 0.717) is 18.7 Å². The summed E-state index contributed by atoms with van der Waals surface area (Å²) in [4.78, 5) is 24.5. The summed E-state index contributed by atoms with van der Waals surface area (Å²) in [5.74, 6) is 5.06. The molecule has 2 rings (SSSR count). The quantitative estimate of drug-likeness (QED) is 0.357. The Balaban J connectivity index is 0.00000205. The summed E-state index contributed by atoms with van der Waals surface area (Å²) in [6, 6.07) is 13.5. The molecule has 0 fully saturated rings. The maximum Gasteiger partial charge on any atom is 0.252 e. The molecule has 0 aliphatic carbocycles. The van der Waals surface area contributed by atoms with Crippen LogP contribution in [0.25, 0.3) is 0 Å². The van der Waals surface area contributed by atoms with E-state index in [2.05, 4.69) is 22.5 Å². The Kier molecular flexibility index (Phi) is 13.3. The summed E-state index contributed by atoms with van der Waals surface area (Å²) < 4.78 is 37.2. The molecule has 196 valence electrons. The Bertz CT molecular complexity index is 1010. The average Bonchev–Trinajstić information content (AvgIpc) is 2.81. The van der Waals surface area contributed by atoms with Crippen molar-refractivity contribution in [2.75, 3.05) is 20.1 Å². The summed E-state index contributed by atoms with van der Waals surface area (Å²) in [6.07, 6.45) is -0.581. The van der Waals surface area contributed by atoms with Gasteiger partial charge >= 0.3 is 0 Å². The van der Waals surface area contributed by atoms with Crippen LogP contribution in [0.2, 0.25) is 0 Å². The molecule has 0 spiro atoms. The van der Waals surface area contributed by atoms with Gasteiger partial charge in [-0.3, -0.25) is 9.59 Å². The predicted molar refractivity (Wildman–Crippen MR) is 134 cm³/mol. The predicted octanol–water partition coefficient (Wildman–Crippen LogP) is 3.82. The zero-order chi connectivity index (χ0) is 27.1. The summed E-state index contributed by atoms with van der Waals surface area (Å²) in [7, 11) is 0. The van der Waals surface area contributed by atoms with E-state index in [1.54, 1.807) is 31.2 Å². The van der Waals surface area contributed by atoms with Crippen LogP contribution < -0.4 is 16.4 Å². The van der Waals surface area contributed by atoms with Crippen molar-refractivity contribution in [3.63, 3.8) is 0 Å². The second-order valence-corrected chi connectivity index (χ2v) is 8.78. The molecule has 0 aromatic heterocycles. The van der Waals surface area contributed by atoms with Gasteiger partial charge in [-0.2, -0.15) is 0 Å². The van der Waals surface area contributed by atoms with E-state index in [1.807, 2.05) is 45.0 Å². The minimum absolute atomic E-state index is 0.336. The lowest BCUT2D eigenvalue weighted by molar-refractivity contribution is -0.127. The van der Waals surface area contributed by atoms with Crippen molar-refractivity contribution in [2.24, 2.45) is 5.73 Å². The van der Waals surface area contributed by atoms with Gasteiger partial charge in [-0.05, 0) is 69.7 Å². The van der Waals surface area contributed by atoms with E-state index < -0.39 is 36.5 Å². The molecule has 2 unspecified atom stereocenters. The number of nitrogens with one attached hydrogen (secondary N) is 2. The number of ether oxygens (including phenoxy) is 1. The summed E-state index contributed by atoms with van der Waals surface area (Å²) in [5, 5.41) is 5.66. The summed E-state index contributed by atoms with van der Waals surface area (Å²) in [5.41, 5.74) is 8.03. The van der Waals surface area contributed by atoms with E-state index in [0.717, 1.165) is 16.7 Å². The maximum atomic E-state index is 12.6. The first-order valence-corrected chi connectivity index (χ1v) is 11.4. The van der Waals surface area contributed by atoms with Gasteiger partial charge in [0.1, 0.15) is 12.7 Å². The molecule has 36 heavy (non-hydrogen) atoms. The molecule has 2 aromatic carbocycles. The van der Waals surface area contributed by atoms with Gasteiger partial charge in [-0.1, -0.05) is 24.0 Å². The van der Waals surface area contributed by atoms with Gasteiger partial charge in [0.15, 0.2) is 0 Å². The van der Waals surface area contributed by atoms with E-state index in [4.69, 9.17) is 10.5 Å². The van der Waals surface area contributed by atoms with Gasteiger partial charge in [0.25, 0.3) is 5.91 Å². The molecule has 2 aromatic rings. The van der Waals surface area contributed by atoms with Crippen LogP contribution in [0.1, 0.15) is 54.7 Å². The minimum atomic E-state index is -1.75. The lowest BCUT2D eigenvalue weighted by Crippen LogP contribution is -2.53. The van der Waals surface area contributed by atoms with Crippen molar-refractivity contribution in [3.05, 3.63) is 70.8 Å². The molecular weight excluding hydrogens is 471 g/mol. The summed E-state index contributed by atoms with van der Waals surface area (Å²) >= 11 is 0. The van der Waals surface area contributed by atoms with Crippen LogP contribution in [-0.4, -0.2) is 49.7 Å². The number of carbonyl (C=O) groups excluding carboxylic acids is 2. The Morgan fingerprint density at radius 2 is 1.47 bits per heavy atom. The molecule has 9 heteroatoms. The van der Waals surface area contributed by atoms with Crippen molar-refractivity contribution in [1.82, 2.24) is 10.6 Å². The van der Waals surface area contributed by atoms with Crippen LogP contribution in [0.3, 0.4) is 0 Å². The molecule has 0 heterocycles. The van der Waals surface area contributed by atoms with Crippen LogP contribution in [0.4, 0.5) is 13.2 Å². The van der Waals surface area contributed by atoms with E-state index >= 15 is 0 Å². The fraction of sp³-hybridized carbons (Fsp3) is 0.407. The number of halogens is 3. The second-order valence-electron chi connectivity index (χ2n) is 8.78. The van der Waals surface area contributed by atoms with Crippen LogP contribution in [0, 0.1) is 11.8 Å². The van der Waals surface area contributed by atoms with Gasteiger partial charge in [0, 0.05) is 29.8 Å². The van der Waals surface area contributed by atoms with E-state index in [9.17, 15) is 22.8 Å². The first kappa shape index (κ1) is 30.7. The largest absolute Gasteiger partial charge is 0.370 e. The third-order valence-corrected chi connectivity index (χ3v) is 4.65. The molecule has 0 aliphatic heterocycles. The highest BCUT2D eigenvalue weighted by Gasteiger charge is 2.29. The van der Waals surface area contributed by atoms with Gasteiger partial charge in [-0.25, -0.2) is 13.2 Å². The monoisotopic (exact) mass is 505 g/mol. The third-order valence-electron chi connectivity index (χ3n) is 4.65. The minimum Gasteiger partial charge on any atom is -0.370 e. The Hall–Kier alpha value is -3.35. The van der Waals surface area contributed by atoms with Crippen molar-refractivity contribution in [2.45, 2.75) is 52.0 Å². The zero-order valence-electron chi connectivity index (χ0n) is 21.0. The molecule has 2 amide bonds. The number of hydrogen-bond acceptors (Lipinski definition) is 4. The molecule has 0 bridgehead atoms. The van der Waals surface area contributed by atoms with Crippen LogP contribution >= 0.6 is 0 Å². The Morgan fingerprint density at radius 3 is 1.92 bits per heavy atom. The Labute approximate surface area is 210 Å². The first-order valence-electron chi connectivity index (χ1n) is 11.4. The molecule has 4 N–H and O–H groups in total. The smallest absolute Gasteiger partial charge is 0.252 e. The SMILES string of the molecule is CC(OC(C)(C)C)C(NC(=O)c1ccc(C#Cc2ccc(CNCCF)cc2)cc1)C(N)=O.FCF. The maximum absolute atomic E-state index is 12.6. The highest BCUT2D eigenvalue weighted by molar-refractivity contribution is 5.97. The molecular formula is C27H34F3N3O3. The fourth-order valence-corrected chi connectivity index (χ4v) is 3.12. The molecule has 6 nitrogen and oxygen atoms in total. The number of amides is 2. The molecule has 0 radical (unpaired) electrons. The lowest BCUT2D eigenvalue weighted by Gasteiger charge is -2.29. The average molecular weight is 506 g/mol. The normalized spacial score (nSPS) is 12.3. The number of rotatable bonds is 9. The molecule has 0 saturated carbocycles. The van der Waals surface area contributed by atoms with Gasteiger partial charge in [0.05, 0.1) is 11.7 Å². The number of alkyl halides is 3. The van der Waals surface area contributed by atoms with Crippen molar-refractivity contribution in [1.29, 1.82) is 0 Å². The third kappa shape index (κ3) is 11.9. The van der Waals surface area contributed by atoms with Crippen molar-refractivity contribution in [3.8, 4) is 11.8 Å². The molecule has 0 aliphatic rings. The number of carbonyl (C=O) groups is 2. The number of hydrogen-bond donors (Lipinski definition) is 3. The number of nitrogens with two attached hydrogens (primary N) is 1. The van der Waals surface area contributed by atoms with Crippen molar-refractivity contribution >= 4 is 11.8 Å². The highest BCUT2D eigenvalue weighted by Crippen LogP contribution is 2.14. The van der Waals surface area contributed by atoms with E-state index in [1.165, 1.54) is 0 Å². The van der Waals surface area contributed by atoms with Gasteiger partial charge in [-0.15, -0.1) is 0 Å². The van der Waals surface area contributed by atoms with Crippen LogP contribution in [-0.2, 0) is 16.1 Å².